The lowest BCUT2D eigenvalue weighted by Gasteiger charge is -2.30. The molecule has 0 aliphatic rings. The lowest BCUT2D eigenvalue weighted by Crippen LogP contribution is -2.41. The summed E-state index contributed by atoms with van der Waals surface area (Å²) in [6, 6.07) is 0.853. The number of allylic oxidation sites excluding steroid dienone is 1. The Hall–Kier alpha value is -0.396. The van der Waals surface area contributed by atoms with E-state index in [-0.39, 0.29) is 5.91 Å². The third-order valence-electron chi connectivity index (χ3n) is 1.87. The molecule has 0 heterocycles. The first kappa shape index (κ1) is 14.6. The van der Waals surface area contributed by atoms with Crippen LogP contribution in [-0.4, -0.2) is 22.5 Å². The minimum atomic E-state index is -1.67. The van der Waals surface area contributed by atoms with Crippen LogP contribution in [0.15, 0.2) is 11.6 Å². The van der Waals surface area contributed by atoms with E-state index in [1.54, 1.807) is 6.92 Å². The quantitative estimate of drug-likeness (QED) is 0.597. The second kappa shape index (κ2) is 5.09. The van der Waals surface area contributed by atoms with Crippen molar-refractivity contribution in [2.45, 2.75) is 45.7 Å². The van der Waals surface area contributed by atoms with Crippen molar-refractivity contribution in [1.29, 1.82) is 0 Å². The summed E-state index contributed by atoms with van der Waals surface area (Å²) in [7, 11) is -3.15. The van der Waals surface area contributed by atoms with Gasteiger partial charge in [0.15, 0.2) is 16.6 Å². The Kier molecular flexibility index (Phi) is 4.96. The zero-order valence-corrected chi connectivity index (χ0v) is 12.7. The second-order valence-electron chi connectivity index (χ2n) is 5.43. The van der Waals surface area contributed by atoms with E-state index in [0.29, 0.717) is 5.57 Å². The van der Waals surface area contributed by atoms with Crippen LogP contribution in [0.5, 0.6) is 0 Å². The molecule has 0 aliphatic carbocycles. The number of primary amides is 1. The molecule has 2 N–H and O–H groups in total. The molecule has 0 bridgehead atoms. The Morgan fingerprint density at radius 1 is 1.27 bits per heavy atom. The van der Waals surface area contributed by atoms with Gasteiger partial charge in [0.1, 0.15) is 0 Å². The van der Waals surface area contributed by atoms with Crippen LogP contribution >= 0.6 is 0 Å². The van der Waals surface area contributed by atoms with Gasteiger partial charge in [0, 0.05) is 5.57 Å². The SMILES string of the molecule is C/C(=C\C[Si](C)(C)O[Si](C)(C)C)C(N)=O. The molecule has 3 nitrogen and oxygen atoms in total. The smallest absolute Gasteiger partial charge is 0.243 e. The summed E-state index contributed by atoms with van der Waals surface area (Å²) in [6.45, 7) is 12.7. The van der Waals surface area contributed by atoms with Crippen molar-refractivity contribution in [2.75, 3.05) is 0 Å². The molecule has 15 heavy (non-hydrogen) atoms. The molecule has 0 aromatic rings. The maximum absolute atomic E-state index is 10.8. The third kappa shape index (κ3) is 7.52. The van der Waals surface area contributed by atoms with Crippen molar-refractivity contribution in [3.63, 3.8) is 0 Å². The number of carbonyl (C=O) groups excluding carboxylic acids is 1. The Morgan fingerprint density at radius 2 is 1.73 bits per heavy atom. The van der Waals surface area contributed by atoms with Crippen LogP contribution in [0.1, 0.15) is 6.92 Å². The molecule has 0 fully saturated rings. The van der Waals surface area contributed by atoms with Gasteiger partial charge in [-0.2, -0.15) is 0 Å². The maximum atomic E-state index is 10.8. The van der Waals surface area contributed by atoms with E-state index < -0.39 is 16.6 Å². The largest absolute Gasteiger partial charge is 0.455 e. The summed E-state index contributed by atoms with van der Waals surface area (Å²) < 4.78 is 6.14. The third-order valence-corrected chi connectivity index (χ3v) is 7.72. The first-order valence-corrected chi connectivity index (χ1v) is 11.7. The van der Waals surface area contributed by atoms with Crippen molar-refractivity contribution in [3.8, 4) is 0 Å². The first-order valence-electron chi connectivity index (χ1n) is 5.20. The number of hydrogen-bond donors (Lipinski definition) is 1. The zero-order chi connectivity index (χ0) is 12.3. The summed E-state index contributed by atoms with van der Waals surface area (Å²) in [4.78, 5) is 10.8. The summed E-state index contributed by atoms with van der Waals surface area (Å²) >= 11 is 0. The molecular formula is C10H23NO2Si2. The van der Waals surface area contributed by atoms with Crippen LogP contribution < -0.4 is 5.73 Å². The molecule has 0 saturated carbocycles. The van der Waals surface area contributed by atoms with Gasteiger partial charge < -0.3 is 9.85 Å². The van der Waals surface area contributed by atoms with Crippen molar-refractivity contribution >= 4 is 22.5 Å². The zero-order valence-electron chi connectivity index (χ0n) is 10.7. The summed E-state index contributed by atoms with van der Waals surface area (Å²) in [5.41, 5.74) is 5.80. The summed E-state index contributed by atoms with van der Waals surface area (Å²) in [5, 5.41) is 0. The fourth-order valence-corrected chi connectivity index (χ4v) is 9.13. The highest BCUT2D eigenvalue weighted by Gasteiger charge is 2.28. The lowest BCUT2D eigenvalue weighted by molar-refractivity contribution is -0.114. The van der Waals surface area contributed by atoms with Gasteiger partial charge in [-0.05, 0) is 45.7 Å². The monoisotopic (exact) mass is 245 g/mol. The van der Waals surface area contributed by atoms with E-state index in [0.717, 1.165) is 6.04 Å². The lowest BCUT2D eigenvalue weighted by atomic mass is 10.3. The Balaban J connectivity index is 4.40. The van der Waals surface area contributed by atoms with Gasteiger partial charge in [-0.25, -0.2) is 0 Å². The van der Waals surface area contributed by atoms with Crippen molar-refractivity contribution < 1.29 is 8.91 Å². The van der Waals surface area contributed by atoms with E-state index in [2.05, 4.69) is 32.7 Å². The van der Waals surface area contributed by atoms with Crippen molar-refractivity contribution in [2.24, 2.45) is 5.73 Å². The first-order chi connectivity index (χ1) is 6.53. The Morgan fingerprint density at radius 3 is 2.07 bits per heavy atom. The van der Waals surface area contributed by atoms with Gasteiger partial charge in [-0.15, -0.1) is 0 Å². The molecule has 0 aromatic carbocycles. The normalized spacial score (nSPS) is 14.1. The van der Waals surface area contributed by atoms with E-state index in [9.17, 15) is 4.79 Å². The highest BCUT2D eigenvalue weighted by Crippen LogP contribution is 2.19. The molecule has 88 valence electrons. The number of hydrogen-bond acceptors (Lipinski definition) is 2. The topological polar surface area (TPSA) is 52.3 Å². The van der Waals surface area contributed by atoms with Crippen LogP contribution in [0, 0.1) is 0 Å². The minimum absolute atomic E-state index is 0.340. The van der Waals surface area contributed by atoms with Gasteiger partial charge in [-0.1, -0.05) is 6.08 Å². The molecule has 0 atom stereocenters. The number of rotatable bonds is 5. The van der Waals surface area contributed by atoms with Crippen molar-refractivity contribution in [1.82, 2.24) is 0 Å². The molecule has 0 radical (unpaired) electrons. The van der Waals surface area contributed by atoms with E-state index >= 15 is 0 Å². The molecule has 0 aliphatic heterocycles. The van der Waals surface area contributed by atoms with Crippen LogP contribution in [0.2, 0.25) is 38.8 Å². The van der Waals surface area contributed by atoms with Gasteiger partial charge in [0.2, 0.25) is 5.91 Å². The highest BCUT2D eigenvalue weighted by molar-refractivity contribution is 6.84. The van der Waals surface area contributed by atoms with E-state index in [4.69, 9.17) is 9.85 Å². The maximum Gasteiger partial charge on any atom is 0.243 e. The van der Waals surface area contributed by atoms with Crippen LogP contribution in [0.25, 0.3) is 0 Å². The standard InChI is InChI=1S/C10H23NO2Si2/c1-9(10(11)12)7-8-15(5,6)13-14(2,3)4/h7H,8H2,1-6H3,(H2,11,12)/b9-7+. The average Bonchev–Trinajstić information content (AvgIpc) is 1.95. The fraction of sp³-hybridized carbons (Fsp3) is 0.700. The van der Waals surface area contributed by atoms with Gasteiger partial charge in [0.05, 0.1) is 0 Å². The van der Waals surface area contributed by atoms with Crippen LogP contribution in [0.3, 0.4) is 0 Å². The predicted molar refractivity (Wildman–Crippen MR) is 69.7 cm³/mol. The number of nitrogens with two attached hydrogens (primary N) is 1. The highest BCUT2D eigenvalue weighted by atomic mass is 28.4. The summed E-state index contributed by atoms with van der Waals surface area (Å²) in [5.74, 6) is -0.340. The second-order valence-corrected chi connectivity index (χ2v) is 14.4. The van der Waals surface area contributed by atoms with Crippen LogP contribution in [-0.2, 0) is 8.91 Å². The molecular weight excluding hydrogens is 222 g/mol. The average molecular weight is 245 g/mol. The van der Waals surface area contributed by atoms with Crippen LogP contribution in [0.4, 0.5) is 0 Å². The Labute approximate surface area is 95.0 Å². The van der Waals surface area contributed by atoms with E-state index in [1.165, 1.54) is 0 Å². The molecule has 0 aromatic heterocycles. The van der Waals surface area contributed by atoms with Gasteiger partial charge in [0.25, 0.3) is 0 Å². The molecule has 0 saturated heterocycles. The predicted octanol–water partition coefficient (Wildman–Crippen LogP) is 2.47. The molecule has 5 heteroatoms. The number of carbonyl (C=O) groups is 1. The molecule has 1 amide bonds. The molecule has 0 spiro atoms. The molecule has 0 unspecified atom stereocenters. The van der Waals surface area contributed by atoms with Crippen molar-refractivity contribution in [3.05, 3.63) is 11.6 Å². The van der Waals surface area contributed by atoms with Gasteiger partial charge in [-0.3, -0.25) is 4.79 Å². The molecule has 0 rings (SSSR count). The number of amides is 1. The van der Waals surface area contributed by atoms with E-state index in [1.807, 2.05) is 6.08 Å². The summed E-state index contributed by atoms with van der Waals surface area (Å²) in [6.07, 6.45) is 1.91. The van der Waals surface area contributed by atoms with Gasteiger partial charge >= 0.3 is 0 Å². The minimum Gasteiger partial charge on any atom is -0.455 e. The Bertz CT molecular complexity index is 267. The fourth-order valence-electron chi connectivity index (χ4n) is 1.37.